The number of aryl methyl sites for hydroxylation is 2. The van der Waals surface area contributed by atoms with E-state index in [9.17, 15) is 4.39 Å². The Morgan fingerprint density at radius 2 is 1.55 bits per heavy atom. The molecule has 0 saturated carbocycles. The highest BCUT2D eigenvalue weighted by Gasteiger charge is 2.18. The molecule has 2 heterocycles. The van der Waals surface area contributed by atoms with Crippen molar-refractivity contribution in [1.82, 2.24) is 9.97 Å². The van der Waals surface area contributed by atoms with Crippen LogP contribution in [0.3, 0.4) is 0 Å². The predicted octanol–water partition coefficient (Wildman–Crippen LogP) is 7.16. The summed E-state index contributed by atoms with van der Waals surface area (Å²) < 4.78 is 13.4. The smallest absolute Gasteiger partial charge is 0.143 e. The Bertz CT molecular complexity index is 1170. The lowest BCUT2D eigenvalue weighted by molar-refractivity contribution is 0.590. The molecule has 1 N–H and O–H groups in total. The molecule has 148 valence electrons. The quantitative estimate of drug-likeness (QED) is 0.393. The molecule has 29 heavy (non-hydrogen) atoms. The Labute approximate surface area is 174 Å². The zero-order valence-electron chi connectivity index (χ0n) is 17.3. The number of hydrogen-bond donors (Lipinski definition) is 1. The number of halogens is 1. The van der Waals surface area contributed by atoms with Crippen LogP contribution < -0.4 is 5.32 Å². The second-order valence-electron chi connectivity index (χ2n) is 8.29. The fourth-order valence-corrected chi connectivity index (χ4v) is 4.55. The number of thiophene rings is 1. The number of hydrogen-bond acceptors (Lipinski definition) is 4. The Kier molecular flexibility index (Phi) is 4.87. The molecule has 2 aromatic carbocycles. The summed E-state index contributed by atoms with van der Waals surface area (Å²) >= 11 is 1.64. The second-order valence-corrected chi connectivity index (χ2v) is 9.50. The molecule has 0 saturated heterocycles. The number of rotatable bonds is 3. The van der Waals surface area contributed by atoms with E-state index in [1.165, 1.54) is 17.7 Å². The monoisotopic (exact) mass is 405 g/mol. The van der Waals surface area contributed by atoms with Crippen molar-refractivity contribution in [2.45, 2.75) is 40.0 Å². The highest BCUT2D eigenvalue weighted by atomic mass is 32.1. The lowest BCUT2D eigenvalue weighted by Gasteiger charge is -2.19. The zero-order chi connectivity index (χ0) is 20.8. The van der Waals surface area contributed by atoms with Gasteiger partial charge in [-0.2, -0.15) is 0 Å². The third kappa shape index (κ3) is 3.87. The van der Waals surface area contributed by atoms with Crippen molar-refractivity contribution in [3.63, 3.8) is 0 Å². The topological polar surface area (TPSA) is 37.8 Å². The van der Waals surface area contributed by atoms with Gasteiger partial charge in [0.1, 0.15) is 22.3 Å². The molecule has 3 nitrogen and oxygen atoms in total. The lowest BCUT2D eigenvalue weighted by atomic mass is 9.87. The van der Waals surface area contributed by atoms with Gasteiger partial charge in [0, 0.05) is 16.1 Å². The van der Waals surface area contributed by atoms with Gasteiger partial charge in [-0.1, -0.05) is 45.0 Å². The fourth-order valence-electron chi connectivity index (χ4n) is 3.46. The number of nitrogens with zero attached hydrogens (tertiary/aromatic N) is 2. The van der Waals surface area contributed by atoms with Gasteiger partial charge >= 0.3 is 0 Å². The summed E-state index contributed by atoms with van der Waals surface area (Å²) in [6.07, 6.45) is 0. The molecule has 2 aromatic heterocycles. The van der Waals surface area contributed by atoms with Gasteiger partial charge in [0.25, 0.3) is 0 Å². The largest absolute Gasteiger partial charge is 0.340 e. The number of nitrogens with one attached hydrogen (secondary N) is 1. The van der Waals surface area contributed by atoms with Crippen LogP contribution in [0.5, 0.6) is 0 Å². The molecule has 4 rings (SSSR count). The molecular weight excluding hydrogens is 381 g/mol. The van der Waals surface area contributed by atoms with Gasteiger partial charge in [-0.05, 0) is 54.7 Å². The molecule has 0 aliphatic rings. The minimum Gasteiger partial charge on any atom is -0.340 e. The van der Waals surface area contributed by atoms with Gasteiger partial charge < -0.3 is 5.32 Å². The van der Waals surface area contributed by atoms with Crippen LogP contribution >= 0.6 is 11.3 Å². The minimum absolute atomic E-state index is 0.109. The van der Waals surface area contributed by atoms with E-state index < -0.39 is 0 Å². The lowest BCUT2D eigenvalue weighted by Crippen LogP contribution is -2.10. The Morgan fingerprint density at radius 1 is 0.897 bits per heavy atom. The summed E-state index contributed by atoms with van der Waals surface area (Å²) in [7, 11) is 0. The van der Waals surface area contributed by atoms with Crippen LogP contribution in [0.15, 0.2) is 48.5 Å². The Morgan fingerprint density at radius 3 is 2.17 bits per heavy atom. The van der Waals surface area contributed by atoms with Crippen molar-refractivity contribution in [3.05, 3.63) is 70.6 Å². The van der Waals surface area contributed by atoms with Gasteiger partial charge in [-0.3, -0.25) is 0 Å². The Hall–Kier alpha value is -2.79. The van der Waals surface area contributed by atoms with Crippen molar-refractivity contribution in [3.8, 4) is 11.1 Å². The maximum atomic E-state index is 13.4. The van der Waals surface area contributed by atoms with Gasteiger partial charge in [0.15, 0.2) is 0 Å². The molecule has 0 bridgehead atoms. The average Bonchev–Trinajstić information content (AvgIpc) is 2.98. The summed E-state index contributed by atoms with van der Waals surface area (Å²) in [6, 6.07) is 15.1. The summed E-state index contributed by atoms with van der Waals surface area (Å²) in [5.41, 5.74) is 4.39. The number of anilines is 2. The van der Waals surface area contributed by atoms with Crippen molar-refractivity contribution in [2.24, 2.45) is 0 Å². The molecule has 0 radical (unpaired) electrons. The number of fused-ring (bicyclic) bond motifs is 1. The Balaban J connectivity index is 1.83. The van der Waals surface area contributed by atoms with E-state index in [2.05, 4.69) is 62.3 Å². The summed E-state index contributed by atoms with van der Waals surface area (Å²) in [6.45, 7) is 10.6. The fraction of sp³-hybridized carbons (Fsp3) is 0.250. The first kappa shape index (κ1) is 19.5. The van der Waals surface area contributed by atoms with E-state index in [4.69, 9.17) is 4.98 Å². The molecule has 0 unspecified atom stereocenters. The molecule has 0 atom stereocenters. The molecule has 0 amide bonds. The maximum absolute atomic E-state index is 13.4. The summed E-state index contributed by atoms with van der Waals surface area (Å²) in [4.78, 5) is 11.4. The van der Waals surface area contributed by atoms with Crippen LogP contribution in [0.4, 0.5) is 15.9 Å². The van der Waals surface area contributed by atoms with E-state index in [1.54, 1.807) is 11.3 Å². The molecule has 5 heteroatoms. The maximum Gasteiger partial charge on any atom is 0.143 e. The SMILES string of the molecule is Cc1nc(Nc2ccc(C(C)(C)C)cc2)c2c(-c3ccc(F)cc3)c(C)sc2n1. The van der Waals surface area contributed by atoms with Crippen molar-refractivity contribution < 1.29 is 4.39 Å². The van der Waals surface area contributed by atoms with Gasteiger partial charge in [0.2, 0.25) is 0 Å². The molecular formula is C24H24FN3S. The van der Waals surface area contributed by atoms with Gasteiger partial charge in [-0.15, -0.1) is 11.3 Å². The first-order chi connectivity index (χ1) is 13.7. The number of benzene rings is 2. The average molecular weight is 406 g/mol. The van der Waals surface area contributed by atoms with Gasteiger partial charge in [-0.25, -0.2) is 14.4 Å². The van der Waals surface area contributed by atoms with Gasteiger partial charge in [0.05, 0.1) is 5.39 Å². The molecule has 0 spiro atoms. The number of aromatic nitrogens is 2. The van der Waals surface area contributed by atoms with E-state index in [0.717, 1.165) is 43.6 Å². The summed E-state index contributed by atoms with van der Waals surface area (Å²) in [5.74, 6) is 1.26. The normalized spacial score (nSPS) is 11.8. The molecule has 0 aliphatic carbocycles. The zero-order valence-corrected chi connectivity index (χ0v) is 18.1. The van der Waals surface area contributed by atoms with Crippen LogP contribution in [0.25, 0.3) is 21.3 Å². The highest BCUT2D eigenvalue weighted by molar-refractivity contribution is 7.19. The third-order valence-corrected chi connectivity index (χ3v) is 5.99. The summed E-state index contributed by atoms with van der Waals surface area (Å²) in [5, 5.41) is 4.46. The first-order valence-electron chi connectivity index (χ1n) is 9.63. The van der Waals surface area contributed by atoms with E-state index >= 15 is 0 Å². The van der Waals surface area contributed by atoms with E-state index in [-0.39, 0.29) is 11.2 Å². The van der Waals surface area contributed by atoms with Crippen molar-refractivity contribution >= 4 is 33.1 Å². The van der Waals surface area contributed by atoms with E-state index in [0.29, 0.717) is 0 Å². The predicted molar refractivity (Wildman–Crippen MR) is 121 cm³/mol. The highest BCUT2D eigenvalue weighted by Crippen LogP contribution is 2.41. The van der Waals surface area contributed by atoms with Crippen molar-refractivity contribution in [1.29, 1.82) is 0 Å². The van der Waals surface area contributed by atoms with Crippen LogP contribution in [0.1, 0.15) is 37.0 Å². The van der Waals surface area contributed by atoms with E-state index in [1.807, 2.05) is 19.1 Å². The molecule has 0 aliphatic heterocycles. The van der Waals surface area contributed by atoms with Crippen LogP contribution in [0.2, 0.25) is 0 Å². The molecule has 4 aromatic rings. The van der Waals surface area contributed by atoms with Crippen molar-refractivity contribution in [2.75, 3.05) is 5.32 Å². The van der Waals surface area contributed by atoms with Crippen LogP contribution in [-0.2, 0) is 5.41 Å². The van der Waals surface area contributed by atoms with Crippen LogP contribution in [0, 0.1) is 19.7 Å². The molecule has 0 fully saturated rings. The van der Waals surface area contributed by atoms with Crippen LogP contribution in [-0.4, -0.2) is 9.97 Å². The minimum atomic E-state index is -0.240. The standard InChI is InChI=1S/C24H24FN3S/c1-14-20(16-6-10-18(25)11-7-16)21-22(26-15(2)27-23(21)29-14)28-19-12-8-17(9-13-19)24(3,4)5/h6-13H,1-5H3,(H,26,27,28). The third-order valence-electron chi connectivity index (χ3n) is 4.99. The first-order valence-corrected chi connectivity index (χ1v) is 10.5. The second kappa shape index (κ2) is 7.23.